The van der Waals surface area contributed by atoms with E-state index in [0.29, 0.717) is 13.0 Å². The highest BCUT2D eigenvalue weighted by Gasteiger charge is 2.35. The Morgan fingerprint density at radius 1 is 1.30 bits per heavy atom. The van der Waals surface area contributed by atoms with Crippen molar-refractivity contribution in [2.24, 2.45) is 0 Å². The third-order valence-electron chi connectivity index (χ3n) is 4.44. The highest BCUT2D eigenvalue weighted by Crippen LogP contribution is 2.28. The van der Waals surface area contributed by atoms with Gasteiger partial charge in [-0.15, -0.1) is 0 Å². The van der Waals surface area contributed by atoms with Crippen LogP contribution in [0.3, 0.4) is 0 Å². The average Bonchev–Trinajstić information content (AvgIpc) is 2.57. The summed E-state index contributed by atoms with van der Waals surface area (Å²) in [5, 5.41) is 0. The molecule has 2 rings (SSSR count). The van der Waals surface area contributed by atoms with Gasteiger partial charge in [0.15, 0.2) is 0 Å². The molecule has 1 aliphatic heterocycles. The number of likely N-dealkylation sites (tertiary alicyclic amines) is 1. The van der Waals surface area contributed by atoms with Crippen molar-refractivity contribution in [3.8, 4) is 0 Å². The van der Waals surface area contributed by atoms with Gasteiger partial charge in [-0.25, -0.2) is 0 Å². The minimum atomic E-state index is -0.502. The molecule has 1 saturated heterocycles. The number of thioether (sulfide) groups is 1. The first-order chi connectivity index (χ1) is 11.1. The number of carbonyl (C=O) groups excluding carboxylic acids is 2. The Hall–Kier alpha value is -1.49. The molecule has 0 N–H and O–H groups in total. The Kier molecular flexibility index (Phi) is 6.51. The summed E-state index contributed by atoms with van der Waals surface area (Å²) in [5.41, 5.74) is 0.899. The SMILES string of the molecule is CSC[C@@H](C)N(C)C(=O)[C@@H](c1ccccc1)N1CCCCC1=O. The van der Waals surface area contributed by atoms with E-state index < -0.39 is 6.04 Å². The highest BCUT2D eigenvalue weighted by atomic mass is 32.2. The number of amides is 2. The third-order valence-corrected chi connectivity index (χ3v) is 5.25. The molecule has 1 fully saturated rings. The van der Waals surface area contributed by atoms with Gasteiger partial charge in [0.2, 0.25) is 11.8 Å². The lowest BCUT2D eigenvalue weighted by Crippen LogP contribution is -2.48. The van der Waals surface area contributed by atoms with E-state index in [1.165, 1.54) is 0 Å². The van der Waals surface area contributed by atoms with Gasteiger partial charge in [-0.2, -0.15) is 11.8 Å². The number of hydrogen-bond acceptors (Lipinski definition) is 3. The minimum absolute atomic E-state index is 0.00741. The number of piperidine rings is 1. The number of benzene rings is 1. The van der Waals surface area contributed by atoms with Gasteiger partial charge in [0.1, 0.15) is 6.04 Å². The molecule has 1 aromatic rings. The molecule has 0 saturated carbocycles. The predicted octanol–water partition coefficient (Wildman–Crippen LogP) is 2.95. The molecule has 0 radical (unpaired) electrons. The second-order valence-electron chi connectivity index (χ2n) is 6.11. The van der Waals surface area contributed by atoms with E-state index in [2.05, 4.69) is 6.92 Å². The molecule has 5 heteroatoms. The van der Waals surface area contributed by atoms with Crippen LogP contribution in [0.1, 0.15) is 37.8 Å². The molecule has 1 aliphatic rings. The lowest BCUT2D eigenvalue weighted by Gasteiger charge is -2.37. The highest BCUT2D eigenvalue weighted by molar-refractivity contribution is 7.98. The zero-order valence-electron chi connectivity index (χ0n) is 14.2. The topological polar surface area (TPSA) is 40.6 Å². The summed E-state index contributed by atoms with van der Waals surface area (Å²) < 4.78 is 0. The summed E-state index contributed by atoms with van der Waals surface area (Å²) in [7, 11) is 1.84. The van der Waals surface area contributed by atoms with E-state index in [4.69, 9.17) is 0 Å². The van der Waals surface area contributed by atoms with E-state index in [-0.39, 0.29) is 17.9 Å². The lowest BCUT2D eigenvalue weighted by atomic mass is 9.99. The van der Waals surface area contributed by atoms with Crippen LogP contribution in [0.2, 0.25) is 0 Å². The number of carbonyl (C=O) groups is 2. The van der Waals surface area contributed by atoms with Crippen molar-refractivity contribution in [2.75, 3.05) is 25.6 Å². The smallest absolute Gasteiger partial charge is 0.250 e. The largest absolute Gasteiger partial charge is 0.340 e. The van der Waals surface area contributed by atoms with Crippen LogP contribution < -0.4 is 0 Å². The average molecular weight is 334 g/mol. The molecular formula is C18H26N2O2S. The van der Waals surface area contributed by atoms with Gasteiger partial charge in [-0.1, -0.05) is 30.3 Å². The fourth-order valence-corrected chi connectivity index (χ4v) is 3.66. The van der Waals surface area contributed by atoms with Crippen LogP contribution in [0.15, 0.2) is 30.3 Å². The van der Waals surface area contributed by atoms with E-state index in [1.807, 2.05) is 43.6 Å². The molecule has 23 heavy (non-hydrogen) atoms. The molecule has 0 unspecified atom stereocenters. The normalized spacial score (nSPS) is 17.7. The zero-order valence-corrected chi connectivity index (χ0v) is 15.0. The van der Waals surface area contributed by atoms with Gasteiger partial charge in [-0.05, 0) is 31.6 Å². The molecular weight excluding hydrogens is 308 g/mol. The number of hydrogen-bond donors (Lipinski definition) is 0. The summed E-state index contributed by atoms with van der Waals surface area (Å²) >= 11 is 1.72. The molecule has 0 aliphatic carbocycles. The van der Waals surface area contributed by atoms with Gasteiger partial charge in [0.05, 0.1) is 0 Å². The third kappa shape index (κ3) is 4.28. The van der Waals surface area contributed by atoms with Crippen LogP contribution in [0.5, 0.6) is 0 Å². The molecule has 4 nitrogen and oxygen atoms in total. The quantitative estimate of drug-likeness (QED) is 0.803. The van der Waals surface area contributed by atoms with Crippen molar-refractivity contribution in [1.29, 1.82) is 0 Å². The Morgan fingerprint density at radius 3 is 2.61 bits per heavy atom. The maximum Gasteiger partial charge on any atom is 0.250 e. The summed E-state index contributed by atoms with van der Waals surface area (Å²) in [6.45, 7) is 2.71. The van der Waals surface area contributed by atoms with Crippen LogP contribution in [-0.2, 0) is 9.59 Å². The molecule has 1 heterocycles. The van der Waals surface area contributed by atoms with Crippen molar-refractivity contribution < 1.29 is 9.59 Å². The van der Waals surface area contributed by atoms with Gasteiger partial charge >= 0.3 is 0 Å². The standard InChI is InChI=1S/C18H26N2O2S/c1-14(13-23-3)19(2)18(22)17(15-9-5-4-6-10-15)20-12-8-7-11-16(20)21/h4-6,9-10,14,17H,7-8,11-13H2,1-3H3/t14-,17-/m1/s1. The van der Waals surface area contributed by atoms with Gasteiger partial charge in [0.25, 0.3) is 0 Å². The van der Waals surface area contributed by atoms with Crippen LogP contribution in [0, 0.1) is 0 Å². The van der Waals surface area contributed by atoms with Gasteiger partial charge < -0.3 is 9.80 Å². The van der Waals surface area contributed by atoms with Gasteiger partial charge in [-0.3, -0.25) is 9.59 Å². The summed E-state index contributed by atoms with van der Waals surface area (Å²) in [6, 6.07) is 9.31. The summed E-state index contributed by atoms with van der Waals surface area (Å²) in [4.78, 5) is 29.1. The Morgan fingerprint density at radius 2 is 2.00 bits per heavy atom. The van der Waals surface area contributed by atoms with Crippen LogP contribution in [0.4, 0.5) is 0 Å². The maximum atomic E-state index is 13.1. The first-order valence-electron chi connectivity index (χ1n) is 8.16. The molecule has 126 valence electrons. The first kappa shape index (κ1) is 17.9. The van der Waals surface area contributed by atoms with Crippen LogP contribution >= 0.6 is 11.8 Å². The van der Waals surface area contributed by atoms with Crippen molar-refractivity contribution in [3.63, 3.8) is 0 Å². The minimum Gasteiger partial charge on any atom is -0.340 e. The monoisotopic (exact) mass is 334 g/mol. The summed E-state index contributed by atoms with van der Waals surface area (Å²) in [6.07, 6.45) is 4.47. The Bertz CT molecular complexity index is 535. The molecule has 2 amide bonds. The lowest BCUT2D eigenvalue weighted by molar-refractivity contribution is -0.147. The second-order valence-corrected chi connectivity index (χ2v) is 7.02. The first-order valence-corrected chi connectivity index (χ1v) is 9.55. The number of rotatable bonds is 6. The van der Waals surface area contributed by atoms with Crippen molar-refractivity contribution in [1.82, 2.24) is 9.80 Å². The van der Waals surface area contributed by atoms with Gasteiger partial charge in [0, 0.05) is 31.8 Å². The van der Waals surface area contributed by atoms with Crippen LogP contribution in [-0.4, -0.2) is 53.3 Å². The van der Waals surface area contributed by atoms with Crippen molar-refractivity contribution in [2.45, 2.75) is 38.3 Å². The van der Waals surface area contributed by atoms with E-state index in [9.17, 15) is 9.59 Å². The Balaban J connectivity index is 2.29. The zero-order chi connectivity index (χ0) is 16.8. The Labute approximate surface area is 143 Å². The summed E-state index contributed by atoms with van der Waals surface area (Å²) in [5.74, 6) is 0.981. The van der Waals surface area contributed by atoms with E-state index >= 15 is 0 Å². The van der Waals surface area contributed by atoms with Crippen molar-refractivity contribution in [3.05, 3.63) is 35.9 Å². The molecule has 0 bridgehead atoms. The maximum absolute atomic E-state index is 13.1. The number of nitrogens with zero attached hydrogens (tertiary/aromatic N) is 2. The van der Waals surface area contributed by atoms with E-state index in [1.54, 1.807) is 21.6 Å². The van der Waals surface area contributed by atoms with Crippen LogP contribution in [0.25, 0.3) is 0 Å². The predicted molar refractivity (Wildman–Crippen MR) is 95.4 cm³/mol. The molecule has 0 aromatic heterocycles. The second kappa shape index (κ2) is 8.39. The number of likely N-dealkylation sites (N-methyl/N-ethyl adjacent to an activating group) is 1. The molecule has 2 atom stereocenters. The fourth-order valence-electron chi connectivity index (χ4n) is 2.95. The fraction of sp³-hybridized carbons (Fsp3) is 0.556. The molecule has 0 spiro atoms. The molecule has 1 aromatic carbocycles. The van der Waals surface area contributed by atoms with E-state index in [0.717, 1.165) is 24.2 Å². The van der Waals surface area contributed by atoms with Crippen molar-refractivity contribution >= 4 is 23.6 Å².